The molecule has 4 rings (SSSR count). The van der Waals surface area contributed by atoms with Gasteiger partial charge < -0.3 is 9.73 Å². The van der Waals surface area contributed by atoms with Gasteiger partial charge in [-0.2, -0.15) is 0 Å². The number of nitrogens with one attached hydrogen (secondary N) is 2. The van der Waals surface area contributed by atoms with Crippen LogP contribution in [0.25, 0.3) is 0 Å². The number of furan rings is 1. The highest BCUT2D eigenvalue weighted by atomic mass is 32.2. The van der Waals surface area contributed by atoms with E-state index in [0.29, 0.717) is 6.54 Å². The summed E-state index contributed by atoms with van der Waals surface area (Å²) in [5.74, 6) is 0.808. The first-order valence-electron chi connectivity index (χ1n) is 11.0. The highest BCUT2D eigenvalue weighted by Crippen LogP contribution is 2.32. The average Bonchev–Trinajstić information content (AvgIpc) is 3.34. The summed E-state index contributed by atoms with van der Waals surface area (Å²) in [5.41, 5.74) is 1.96. The molecule has 1 fully saturated rings. The molecule has 0 radical (unpaired) electrons. The van der Waals surface area contributed by atoms with Crippen LogP contribution in [0, 0.1) is 0 Å². The van der Waals surface area contributed by atoms with Crippen molar-refractivity contribution in [3.05, 3.63) is 95.9 Å². The smallest absolute Gasteiger partial charge is 0.215 e. The molecule has 2 atom stereocenters. The fourth-order valence-electron chi connectivity index (χ4n) is 4.35. The van der Waals surface area contributed by atoms with Gasteiger partial charge in [0, 0.05) is 0 Å². The van der Waals surface area contributed by atoms with Gasteiger partial charge in [0.2, 0.25) is 10.0 Å². The second kappa shape index (κ2) is 10.3. The third-order valence-electron chi connectivity index (χ3n) is 6.01. The summed E-state index contributed by atoms with van der Waals surface area (Å²) in [7, 11) is -3.47. The van der Waals surface area contributed by atoms with E-state index in [1.165, 1.54) is 0 Å². The molecule has 2 aromatic carbocycles. The minimum Gasteiger partial charge on any atom is -0.468 e. The molecule has 3 aromatic rings. The number of rotatable bonds is 9. The fraction of sp³-hybridized carbons (Fsp3) is 0.360. The quantitative estimate of drug-likeness (QED) is 0.487. The van der Waals surface area contributed by atoms with E-state index in [9.17, 15) is 8.42 Å². The molecule has 0 bridgehead atoms. The summed E-state index contributed by atoms with van der Waals surface area (Å²) in [6.45, 7) is 0.501. The minimum absolute atomic E-state index is 0.257. The van der Waals surface area contributed by atoms with Crippen LogP contribution in [0.1, 0.15) is 61.1 Å². The Kier molecular flexibility index (Phi) is 7.22. The zero-order valence-corrected chi connectivity index (χ0v) is 18.4. The van der Waals surface area contributed by atoms with Crippen LogP contribution in [0.3, 0.4) is 0 Å². The van der Waals surface area contributed by atoms with Gasteiger partial charge in [-0.05, 0) is 36.1 Å². The monoisotopic (exact) mass is 438 g/mol. The molecule has 0 spiro atoms. The number of hydrogen-bond donors (Lipinski definition) is 2. The molecule has 1 aromatic heterocycles. The van der Waals surface area contributed by atoms with E-state index in [1.54, 1.807) is 6.26 Å². The molecular formula is C25H30N2O3S. The van der Waals surface area contributed by atoms with E-state index >= 15 is 0 Å². The molecule has 0 aliphatic heterocycles. The van der Waals surface area contributed by atoms with Crippen molar-refractivity contribution in [3.63, 3.8) is 0 Å². The first-order valence-corrected chi connectivity index (χ1v) is 12.5. The SMILES string of the molecule is O=S(=O)(N[C@@H](c1ccccc1)[C@@H](NCc1ccco1)c1ccccc1)C1CCCCC1. The predicted octanol–water partition coefficient (Wildman–Crippen LogP) is 5.10. The lowest BCUT2D eigenvalue weighted by Crippen LogP contribution is -2.42. The first kappa shape index (κ1) is 21.8. The van der Waals surface area contributed by atoms with Gasteiger partial charge in [0.15, 0.2) is 0 Å². The van der Waals surface area contributed by atoms with Gasteiger partial charge in [-0.15, -0.1) is 0 Å². The predicted molar refractivity (Wildman–Crippen MR) is 123 cm³/mol. The van der Waals surface area contributed by atoms with Crippen molar-refractivity contribution in [1.82, 2.24) is 10.0 Å². The van der Waals surface area contributed by atoms with Crippen LogP contribution in [0.15, 0.2) is 83.5 Å². The van der Waals surface area contributed by atoms with Crippen LogP contribution in [-0.4, -0.2) is 13.7 Å². The number of hydrogen-bond acceptors (Lipinski definition) is 4. The average molecular weight is 439 g/mol. The van der Waals surface area contributed by atoms with Crippen LogP contribution in [0.5, 0.6) is 0 Å². The Balaban J connectivity index is 1.67. The Labute approximate surface area is 184 Å². The molecule has 0 amide bonds. The van der Waals surface area contributed by atoms with Crippen molar-refractivity contribution in [2.75, 3.05) is 0 Å². The van der Waals surface area contributed by atoms with Gasteiger partial charge in [-0.1, -0.05) is 79.9 Å². The Morgan fingerprint density at radius 3 is 2.00 bits per heavy atom. The van der Waals surface area contributed by atoms with Crippen LogP contribution in [0.2, 0.25) is 0 Å². The summed E-state index contributed by atoms with van der Waals surface area (Å²) in [5, 5.41) is 3.22. The van der Waals surface area contributed by atoms with E-state index in [4.69, 9.17) is 4.42 Å². The maximum atomic E-state index is 13.4. The molecule has 5 nitrogen and oxygen atoms in total. The van der Waals surface area contributed by atoms with E-state index in [-0.39, 0.29) is 11.3 Å². The highest BCUT2D eigenvalue weighted by molar-refractivity contribution is 7.90. The zero-order chi connectivity index (χ0) is 21.5. The van der Waals surface area contributed by atoms with E-state index < -0.39 is 16.1 Å². The third-order valence-corrected chi connectivity index (χ3v) is 7.94. The lowest BCUT2D eigenvalue weighted by atomic mass is 9.94. The fourth-order valence-corrected chi connectivity index (χ4v) is 6.12. The van der Waals surface area contributed by atoms with Crippen molar-refractivity contribution >= 4 is 10.0 Å². The lowest BCUT2D eigenvalue weighted by molar-refractivity contribution is 0.389. The molecule has 6 heteroatoms. The van der Waals surface area contributed by atoms with Crippen molar-refractivity contribution in [2.45, 2.75) is 56.0 Å². The van der Waals surface area contributed by atoms with Gasteiger partial charge in [0.05, 0.1) is 30.1 Å². The summed E-state index contributed by atoms with van der Waals surface area (Å²) in [6, 6.07) is 22.9. The van der Waals surface area contributed by atoms with Gasteiger partial charge in [-0.3, -0.25) is 0 Å². The second-order valence-corrected chi connectivity index (χ2v) is 10.2. The zero-order valence-electron chi connectivity index (χ0n) is 17.6. The van der Waals surface area contributed by atoms with Crippen LogP contribution >= 0.6 is 0 Å². The molecule has 0 unspecified atom stereocenters. The van der Waals surface area contributed by atoms with Crippen molar-refractivity contribution < 1.29 is 12.8 Å². The molecular weight excluding hydrogens is 408 g/mol. The van der Waals surface area contributed by atoms with Gasteiger partial charge >= 0.3 is 0 Å². The summed E-state index contributed by atoms with van der Waals surface area (Å²) < 4.78 is 35.3. The lowest BCUT2D eigenvalue weighted by Gasteiger charge is -2.32. The Morgan fingerprint density at radius 1 is 0.806 bits per heavy atom. The van der Waals surface area contributed by atoms with E-state index in [0.717, 1.165) is 49.0 Å². The second-order valence-electron chi connectivity index (χ2n) is 8.16. The Morgan fingerprint density at radius 2 is 1.42 bits per heavy atom. The van der Waals surface area contributed by atoms with Gasteiger partial charge in [0.25, 0.3) is 0 Å². The van der Waals surface area contributed by atoms with Crippen LogP contribution in [-0.2, 0) is 16.6 Å². The maximum absolute atomic E-state index is 13.4. The largest absolute Gasteiger partial charge is 0.468 e. The number of sulfonamides is 1. The van der Waals surface area contributed by atoms with Gasteiger partial charge in [-0.25, -0.2) is 13.1 Å². The molecule has 31 heavy (non-hydrogen) atoms. The topological polar surface area (TPSA) is 71.3 Å². The summed E-state index contributed by atoms with van der Waals surface area (Å²) in [4.78, 5) is 0. The van der Waals surface area contributed by atoms with Crippen molar-refractivity contribution in [2.24, 2.45) is 0 Å². The summed E-state index contributed by atoms with van der Waals surface area (Å²) in [6.07, 6.45) is 6.17. The van der Waals surface area contributed by atoms with Crippen LogP contribution < -0.4 is 10.0 Å². The Bertz CT molecular complexity index is 1020. The van der Waals surface area contributed by atoms with Crippen molar-refractivity contribution in [3.8, 4) is 0 Å². The maximum Gasteiger partial charge on any atom is 0.215 e. The third kappa shape index (κ3) is 5.64. The molecule has 1 saturated carbocycles. The van der Waals surface area contributed by atoms with Gasteiger partial charge in [0.1, 0.15) is 5.76 Å². The van der Waals surface area contributed by atoms with E-state index in [2.05, 4.69) is 10.0 Å². The molecule has 2 N–H and O–H groups in total. The number of benzene rings is 2. The molecule has 1 heterocycles. The Hall–Kier alpha value is -2.41. The molecule has 0 saturated heterocycles. The first-order chi connectivity index (χ1) is 15.1. The highest BCUT2D eigenvalue weighted by Gasteiger charge is 2.33. The van der Waals surface area contributed by atoms with E-state index in [1.807, 2.05) is 72.8 Å². The standard InChI is InChI=1S/C25H30N2O3S/c28-31(29,23-16-8-3-9-17-23)27-25(21-13-6-2-7-14-21)24(20-11-4-1-5-12-20)26-19-22-15-10-18-30-22/h1-2,4-7,10-15,18,23-27H,3,8-9,16-17,19H2/t24-,25-/m0/s1. The normalized spacial score (nSPS) is 17.3. The molecule has 1 aliphatic carbocycles. The molecule has 1 aliphatic rings. The minimum atomic E-state index is -3.47. The summed E-state index contributed by atoms with van der Waals surface area (Å²) >= 11 is 0. The van der Waals surface area contributed by atoms with Crippen molar-refractivity contribution in [1.29, 1.82) is 0 Å². The van der Waals surface area contributed by atoms with Crippen LogP contribution in [0.4, 0.5) is 0 Å². The molecule has 164 valence electrons.